The summed E-state index contributed by atoms with van der Waals surface area (Å²) in [6, 6.07) is 1.83. The minimum atomic E-state index is -0.170. The number of hydrogen-bond donors (Lipinski definition) is 2. The SMILES string of the molecule is CC(C)(C)c1noc2ncc(C(=O)NCC(N)C3CC3)cc12.Cl. The lowest BCUT2D eigenvalue weighted by Crippen LogP contribution is -2.38. The molecule has 1 unspecified atom stereocenters. The van der Waals surface area contributed by atoms with Gasteiger partial charge in [0.25, 0.3) is 11.6 Å². The normalized spacial score (nSPS) is 16.0. The molecule has 0 spiro atoms. The van der Waals surface area contributed by atoms with Gasteiger partial charge in [-0.15, -0.1) is 12.4 Å². The Morgan fingerprint density at radius 2 is 2.17 bits per heavy atom. The van der Waals surface area contributed by atoms with Gasteiger partial charge in [0.2, 0.25) is 0 Å². The van der Waals surface area contributed by atoms with E-state index in [1.54, 1.807) is 6.07 Å². The van der Waals surface area contributed by atoms with Crippen LogP contribution in [0.2, 0.25) is 0 Å². The van der Waals surface area contributed by atoms with Crippen molar-refractivity contribution in [3.05, 3.63) is 23.5 Å². The summed E-state index contributed by atoms with van der Waals surface area (Å²) in [4.78, 5) is 16.5. The molecule has 2 heterocycles. The highest BCUT2D eigenvalue weighted by atomic mass is 35.5. The molecule has 0 aromatic carbocycles. The maximum atomic E-state index is 12.3. The predicted molar refractivity (Wildman–Crippen MR) is 90.8 cm³/mol. The van der Waals surface area contributed by atoms with Crippen molar-refractivity contribution in [3.8, 4) is 0 Å². The minimum Gasteiger partial charge on any atom is -0.350 e. The monoisotopic (exact) mass is 338 g/mol. The number of fused-ring (bicyclic) bond motifs is 1. The number of halogens is 1. The van der Waals surface area contributed by atoms with Gasteiger partial charge in [0.05, 0.1) is 16.6 Å². The van der Waals surface area contributed by atoms with E-state index < -0.39 is 0 Å². The third kappa shape index (κ3) is 3.82. The van der Waals surface area contributed by atoms with Gasteiger partial charge in [-0.2, -0.15) is 0 Å². The molecule has 23 heavy (non-hydrogen) atoms. The smallest absolute Gasteiger partial charge is 0.257 e. The zero-order valence-corrected chi connectivity index (χ0v) is 14.4. The number of pyridine rings is 1. The first-order valence-corrected chi connectivity index (χ1v) is 7.66. The molecule has 3 N–H and O–H groups in total. The molecular weight excluding hydrogens is 316 g/mol. The average molecular weight is 339 g/mol. The second kappa shape index (κ2) is 6.45. The Balaban J connectivity index is 0.00000192. The molecule has 0 bridgehead atoms. The zero-order valence-electron chi connectivity index (χ0n) is 13.6. The number of carbonyl (C=O) groups excluding carboxylic acids is 1. The van der Waals surface area contributed by atoms with E-state index in [-0.39, 0.29) is 29.8 Å². The van der Waals surface area contributed by atoms with Crippen LogP contribution in [0.3, 0.4) is 0 Å². The lowest BCUT2D eigenvalue weighted by Gasteiger charge is -2.14. The zero-order chi connectivity index (χ0) is 15.9. The maximum absolute atomic E-state index is 12.3. The Morgan fingerprint density at radius 1 is 1.48 bits per heavy atom. The first-order valence-electron chi connectivity index (χ1n) is 7.66. The van der Waals surface area contributed by atoms with E-state index in [0.29, 0.717) is 23.7 Å². The molecule has 0 saturated heterocycles. The van der Waals surface area contributed by atoms with Gasteiger partial charge in [-0.25, -0.2) is 4.98 Å². The Labute approximate surface area is 141 Å². The molecule has 1 aliphatic carbocycles. The van der Waals surface area contributed by atoms with Crippen LogP contribution in [0.5, 0.6) is 0 Å². The Kier molecular flexibility index (Phi) is 4.96. The lowest BCUT2D eigenvalue weighted by atomic mass is 9.90. The van der Waals surface area contributed by atoms with Gasteiger partial charge in [0.15, 0.2) is 0 Å². The largest absolute Gasteiger partial charge is 0.350 e. The summed E-state index contributed by atoms with van der Waals surface area (Å²) in [5.41, 5.74) is 7.60. The third-order valence-electron chi connectivity index (χ3n) is 4.03. The van der Waals surface area contributed by atoms with Crippen molar-refractivity contribution in [2.75, 3.05) is 6.54 Å². The predicted octanol–water partition coefficient (Wildman–Crippen LogP) is 2.41. The van der Waals surface area contributed by atoms with Crippen LogP contribution < -0.4 is 11.1 Å². The van der Waals surface area contributed by atoms with Crippen LogP contribution in [0.4, 0.5) is 0 Å². The summed E-state index contributed by atoms with van der Waals surface area (Å²) in [6.07, 6.45) is 3.85. The van der Waals surface area contributed by atoms with Crippen molar-refractivity contribution in [2.24, 2.45) is 11.7 Å². The van der Waals surface area contributed by atoms with Crippen molar-refractivity contribution >= 4 is 29.4 Å². The van der Waals surface area contributed by atoms with Gasteiger partial charge in [0, 0.05) is 24.2 Å². The van der Waals surface area contributed by atoms with Crippen molar-refractivity contribution in [2.45, 2.75) is 45.1 Å². The Hall–Kier alpha value is -1.66. The number of nitrogens with one attached hydrogen (secondary N) is 1. The van der Waals surface area contributed by atoms with E-state index in [4.69, 9.17) is 10.3 Å². The number of hydrogen-bond acceptors (Lipinski definition) is 5. The topological polar surface area (TPSA) is 94.0 Å². The van der Waals surface area contributed by atoms with E-state index >= 15 is 0 Å². The third-order valence-corrected chi connectivity index (χ3v) is 4.03. The van der Waals surface area contributed by atoms with Crippen LogP contribution in [0, 0.1) is 5.92 Å². The van der Waals surface area contributed by atoms with Crippen LogP contribution in [-0.2, 0) is 5.41 Å². The number of aromatic nitrogens is 2. The Bertz CT molecular complexity index is 704. The molecule has 0 aliphatic heterocycles. The number of nitrogens with two attached hydrogens (primary N) is 1. The molecule has 3 rings (SSSR count). The average Bonchev–Trinajstić information content (AvgIpc) is 3.21. The quantitative estimate of drug-likeness (QED) is 0.892. The highest BCUT2D eigenvalue weighted by molar-refractivity contribution is 5.97. The molecule has 6 nitrogen and oxygen atoms in total. The molecule has 7 heteroatoms. The number of rotatable bonds is 4. The first-order chi connectivity index (χ1) is 10.4. The molecular formula is C16H23ClN4O2. The molecule has 0 radical (unpaired) electrons. The first kappa shape index (κ1) is 17.7. The van der Waals surface area contributed by atoms with Crippen LogP contribution in [-0.4, -0.2) is 28.6 Å². The molecule has 1 atom stereocenters. The number of carbonyl (C=O) groups is 1. The van der Waals surface area contributed by atoms with Crippen molar-refractivity contribution in [1.29, 1.82) is 0 Å². The van der Waals surface area contributed by atoms with Crippen LogP contribution >= 0.6 is 12.4 Å². The minimum absolute atomic E-state index is 0. The second-order valence-corrected chi connectivity index (χ2v) is 7.07. The fourth-order valence-corrected chi connectivity index (χ4v) is 2.50. The number of nitrogens with zero attached hydrogens (tertiary/aromatic N) is 2. The Morgan fingerprint density at radius 3 is 2.78 bits per heavy atom. The van der Waals surface area contributed by atoms with Gasteiger partial charge in [-0.05, 0) is 24.8 Å². The van der Waals surface area contributed by atoms with E-state index in [1.807, 2.05) is 20.8 Å². The molecule has 1 amide bonds. The van der Waals surface area contributed by atoms with Gasteiger partial charge in [-0.3, -0.25) is 4.79 Å². The van der Waals surface area contributed by atoms with Gasteiger partial charge < -0.3 is 15.6 Å². The molecule has 1 fully saturated rings. The summed E-state index contributed by atoms with van der Waals surface area (Å²) in [7, 11) is 0. The number of amides is 1. The molecule has 2 aromatic rings. The lowest BCUT2D eigenvalue weighted by molar-refractivity contribution is 0.0950. The van der Waals surface area contributed by atoms with Crippen molar-refractivity contribution in [1.82, 2.24) is 15.5 Å². The van der Waals surface area contributed by atoms with Crippen molar-refractivity contribution < 1.29 is 9.32 Å². The summed E-state index contributed by atoms with van der Waals surface area (Å²) >= 11 is 0. The molecule has 126 valence electrons. The van der Waals surface area contributed by atoms with Crippen molar-refractivity contribution in [3.63, 3.8) is 0 Å². The highest BCUT2D eigenvalue weighted by Gasteiger charge is 2.28. The van der Waals surface area contributed by atoms with Gasteiger partial charge >= 0.3 is 0 Å². The maximum Gasteiger partial charge on any atom is 0.257 e. The van der Waals surface area contributed by atoms with Gasteiger partial charge in [0.1, 0.15) is 0 Å². The standard InChI is InChI=1S/C16H22N4O2.ClH/c1-16(2,3)13-11-6-10(7-19-15(11)22-20-13)14(21)18-8-12(17)9-4-5-9;/h6-7,9,12H,4-5,8,17H2,1-3H3,(H,18,21);1H. The van der Waals surface area contributed by atoms with Crippen LogP contribution in [0.1, 0.15) is 49.7 Å². The second-order valence-electron chi connectivity index (χ2n) is 7.07. The molecule has 1 aliphatic rings. The van der Waals surface area contributed by atoms with E-state index in [2.05, 4.69) is 15.5 Å². The molecule has 1 saturated carbocycles. The van der Waals surface area contributed by atoms with E-state index in [9.17, 15) is 4.79 Å². The van der Waals surface area contributed by atoms with Crippen LogP contribution in [0.25, 0.3) is 11.1 Å². The summed E-state index contributed by atoms with van der Waals surface area (Å²) in [5, 5.41) is 7.75. The van der Waals surface area contributed by atoms with E-state index in [0.717, 1.165) is 11.1 Å². The fourth-order valence-electron chi connectivity index (χ4n) is 2.50. The highest BCUT2D eigenvalue weighted by Crippen LogP contribution is 2.31. The fraction of sp³-hybridized carbons (Fsp3) is 0.562. The van der Waals surface area contributed by atoms with Crippen LogP contribution in [0.15, 0.2) is 16.8 Å². The summed E-state index contributed by atoms with van der Waals surface area (Å²) < 4.78 is 5.24. The molecule has 2 aromatic heterocycles. The van der Waals surface area contributed by atoms with E-state index in [1.165, 1.54) is 19.0 Å². The summed E-state index contributed by atoms with van der Waals surface area (Å²) in [5.74, 6) is 0.401. The summed E-state index contributed by atoms with van der Waals surface area (Å²) in [6.45, 7) is 6.64. The van der Waals surface area contributed by atoms with Gasteiger partial charge in [-0.1, -0.05) is 25.9 Å².